The van der Waals surface area contributed by atoms with E-state index in [0.717, 1.165) is 35.5 Å². The summed E-state index contributed by atoms with van der Waals surface area (Å²) in [5.41, 5.74) is 9.09. The minimum atomic E-state index is -0.607. The molecular weight excluding hydrogens is 382 g/mol. The first-order valence-electron chi connectivity index (χ1n) is 10.2. The fourth-order valence-corrected chi connectivity index (χ4v) is 4.00. The molecular formula is C22H25N5O3. The molecule has 0 bridgehead atoms. The largest absolute Gasteiger partial charge is 0.366 e. The van der Waals surface area contributed by atoms with Crippen LogP contribution in [0.1, 0.15) is 46.4 Å². The summed E-state index contributed by atoms with van der Waals surface area (Å²) in [6.45, 7) is 1.52. The SMILES string of the molecule is NCCCc1cccc(NCc2cccc3c2CN(C2CCC(=O)NC2=O)C3=O)n1. The highest BCUT2D eigenvalue weighted by molar-refractivity contribution is 6.05. The first-order chi connectivity index (χ1) is 14.6. The first kappa shape index (κ1) is 20.0. The van der Waals surface area contributed by atoms with Crippen LogP contribution in [0.4, 0.5) is 5.82 Å². The number of carbonyl (C=O) groups excluding carboxylic acids is 3. The molecule has 30 heavy (non-hydrogen) atoms. The molecule has 0 aliphatic carbocycles. The predicted molar refractivity (Wildman–Crippen MR) is 111 cm³/mol. The van der Waals surface area contributed by atoms with Crippen LogP contribution in [0.2, 0.25) is 0 Å². The van der Waals surface area contributed by atoms with Gasteiger partial charge >= 0.3 is 0 Å². The van der Waals surface area contributed by atoms with E-state index in [4.69, 9.17) is 5.73 Å². The van der Waals surface area contributed by atoms with Gasteiger partial charge in [-0.05, 0) is 55.1 Å². The van der Waals surface area contributed by atoms with Gasteiger partial charge in [-0.15, -0.1) is 0 Å². The summed E-state index contributed by atoms with van der Waals surface area (Å²) in [4.78, 5) is 42.8. The molecule has 2 aromatic rings. The summed E-state index contributed by atoms with van der Waals surface area (Å²) >= 11 is 0. The second-order valence-electron chi connectivity index (χ2n) is 7.60. The summed E-state index contributed by atoms with van der Waals surface area (Å²) < 4.78 is 0. The lowest BCUT2D eigenvalue weighted by Gasteiger charge is -2.29. The van der Waals surface area contributed by atoms with Gasteiger partial charge in [-0.25, -0.2) is 4.98 Å². The number of amides is 3. The average molecular weight is 407 g/mol. The number of piperidine rings is 1. The number of nitrogens with two attached hydrogens (primary N) is 1. The molecule has 1 saturated heterocycles. The van der Waals surface area contributed by atoms with Gasteiger partial charge in [0.1, 0.15) is 11.9 Å². The number of aryl methyl sites for hydroxylation is 1. The van der Waals surface area contributed by atoms with Crippen molar-refractivity contribution in [3.05, 3.63) is 58.8 Å². The smallest absolute Gasteiger partial charge is 0.255 e. The van der Waals surface area contributed by atoms with E-state index < -0.39 is 11.9 Å². The minimum Gasteiger partial charge on any atom is -0.366 e. The van der Waals surface area contributed by atoms with Crippen molar-refractivity contribution in [2.24, 2.45) is 5.73 Å². The number of fused-ring (bicyclic) bond motifs is 1. The zero-order chi connectivity index (χ0) is 21.1. The van der Waals surface area contributed by atoms with Gasteiger partial charge in [-0.3, -0.25) is 19.7 Å². The molecule has 3 heterocycles. The summed E-state index contributed by atoms with van der Waals surface area (Å²) in [6, 6.07) is 10.9. The third-order valence-electron chi connectivity index (χ3n) is 5.58. The highest BCUT2D eigenvalue weighted by Gasteiger charge is 2.39. The highest BCUT2D eigenvalue weighted by Crippen LogP contribution is 2.30. The Labute approximate surface area is 174 Å². The van der Waals surface area contributed by atoms with Crippen LogP contribution in [0.25, 0.3) is 0 Å². The van der Waals surface area contributed by atoms with E-state index in [1.54, 1.807) is 11.0 Å². The van der Waals surface area contributed by atoms with Crippen LogP contribution in [-0.2, 0) is 29.1 Å². The van der Waals surface area contributed by atoms with Gasteiger partial charge in [-0.1, -0.05) is 18.2 Å². The van der Waals surface area contributed by atoms with Crippen LogP contribution in [0, 0.1) is 0 Å². The third-order valence-corrected chi connectivity index (χ3v) is 5.58. The summed E-state index contributed by atoms with van der Waals surface area (Å²) in [7, 11) is 0. The molecule has 1 atom stereocenters. The maximum absolute atomic E-state index is 12.9. The molecule has 1 fully saturated rings. The zero-order valence-electron chi connectivity index (χ0n) is 16.7. The average Bonchev–Trinajstić information content (AvgIpc) is 3.08. The van der Waals surface area contributed by atoms with Gasteiger partial charge in [0.25, 0.3) is 5.91 Å². The van der Waals surface area contributed by atoms with Crippen molar-refractivity contribution in [1.82, 2.24) is 15.2 Å². The van der Waals surface area contributed by atoms with E-state index in [1.807, 2.05) is 30.3 Å². The van der Waals surface area contributed by atoms with E-state index in [1.165, 1.54) is 0 Å². The van der Waals surface area contributed by atoms with Gasteiger partial charge in [0.15, 0.2) is 0 Å². The van der Waals surface area contributed by atoms with E-state index in [0.29, 0.717) is 31.6 Å². The Morgan fingerprint density at radius 1 is 1.17 bits per heavy atom. The molecule has 2 aliphatic rings. The number of benzene rings is 1. The Morgan fingerprint density at radius 2 is 2.00 bits per heavy atom. The highest BCUT2D eigenvalue weighted by atomic mass is 16.2. The van der Waals surface area contributed by atoms with Gasteiger partial charge in [0.2, 0.25) is 11.8 Å². The number of imide groups is 1. The third kappa shape index (κ3) is 4.04. The molecule has 1 unspecified atom stereocenters. The number of pyridine rings is 1. The number of hydrogen-bond donors (Lipinski definition) is 3. The minimum absolute atomic E-state index is 0.164. The van der Waals surface area contributed by atoms with Crippen LogP contribution < -0.4 is 16.4 Å². The van der Waals surface area contributed by atoms with Crippen molar-refractivity contribution in [1.29, 1.82) is 0 Å². The van der Waals surface area contributed by atoms with Crippen LogP contribution in [-0.4, -0.2) is 40.2 Å². The zero-order valence-corrected chi connectivity index (χ0v) is 16.7. The van der Waals surface area contributed by atoms with Crippen molar-refractivity contribution < 1.29 is 14.4 Å². The van der Waals surface area contributed by atoms with Crippen molar-refractivity contribution >= 4 is 23.5 Å². The number of anilines is 1. The number of rotatable bonds is 7. The van der Waals surface area contributed by atoms with Gasteiger partial charge in [0.05, 0.1) is 0 Å². The van der Waals surface area contributed by atoms with Gasteiger partial charge < -0.3 is 16.0 Å². The quantitative estimate of drug-likeness (QED) is 0.597. The number of aromatic nitrogens is 1. The second kappa shape index (κ2) is 8.62. The lowest BCUT2D eigenvalue weighted by atomic mass is 10.0. The van der Waals surface area contributed by atoms with Crippen LogP contribution >= 0.6 is 0 Å². The van der Waals surface area contributed by atoms with E-state index >= 15 is 0 Å². The Kier molecular flexibility index (Phi) is 5.76. The lowest BCUT2D eigenvalue weighted by Crippen LogP contribution is -2.52. The topological polar surface area (TPSA) is 117 Å². The van der Waals surface area contributed by atoms with Crippen molar-refractivity contribution in [3.8, 4) is 0 Å². The molecule has 4 rings (SSSR count). The van der Waals surface area contributed by atoms with E-state index in [2.05, 4.69) is 15.6 Å². The van der Waals surface area contributed by atoms with Crippen LogP contribution in [0.3, 0.4) is 0 Å². The molecule has 0 spiro atoms. The number of nitrogens with one attached hydrogen (secondary N) is 2. The summed E-state index contributed by atoms with van der Waals surface area (Å²) in [6.07, 6.45) is 2.33. The molecule has 1 aromatic heterocycles. The molecule has 3 amide bonds. The van der Waals surface area contributed by atoms with Crippen LogP contribution in [0.5, 0.6) is 0 Å². The van der Waals surface area contributed by atoms with E-state index in [-0.39, 0.29) is 18.2 Å². The normalized spacial score (nSPS) is 18.4. The van der Waals surface area contributed by atoms with Crippen molar-refractivity contribution in [2.45, 2.75) is 44.8 Å². The maximum atomic E-state index is 12.9. The Hall–Kier alpha value is -3.26. The number of carbonyl (C=O) groups is 3. The molecule has 4 N–H and O–H groups in total. The number of nitrogens with zero attached hydrogens (tertiary/aromatic N) is 2. The Balaban J connectivity index is 1.48. The Morgan fingerprint density at radius 3 is 2.80 bits per heavy atom. The number of hydrogen-bond acceptors (Lipinski definition) is 6. The summed E-state index contributed by atoms with van der Waals surface area (Å²) in [5, 5.41) is 5.67. The second-order valence-corrected chi connectivity index (χ2v) is 7.60. The summed E-state index contributed by atoms with van der Waals surface area (Å²) in [5.74, 6) is -0.0752. The fourth-order valence-electron chi connectivity index (χ4n) is 4.00. The maximum Gasteiger partial charge on any atom is 0.255 e. The van der Waals surface area contributed by atoms with Crippen molar-refractivity contribution in [2.75, 3.05) is 11.9 Å². The van der Waals surface area contributed by atoms with Crippen molar-refractivity contribution in [3.63, 3.8) is 0 Å². The molecule has 2 aliphatic heterocycles. The first-order valence-corrected chi connectivity index (χ1v) is 10.2. The monoisotopic (exact) mass is 407 g/mol. The molecule has 156 valence electrons. The van der Waals surface area contributed by atoms with Gasteiger partial charge in [0, 0.05) is 30.8 Å². The van der Waals surface area contributed by atoms with Crippen LogP contribution in [0.15, 0.2) is 36.4 Å². The Bertz CT molecular complexity index is 990. The standard InChI is InChI=1S/C22H25N5O3/c23-11-3-6-15-5-2-8-19(25-15)24-12-14-4-1-7-16-17(14)13-27(22(16)30)18-9-10-20(28)26-21(18)29/h1-2,4-5,7-8,18H,3,6,9-13,23H2,(H,24,25)(H,26,28,29). The van der Waals surface area contributed by atoms with Gasteiger partial charge in [-0.2, -0.15) is 0 Å². The molecule has 8 nitrogen and oxygen atoms in total. The molecule has 8 heteroatoms. The van der Waals surface area contributed by atoms with E-state index in [9.17, 15) is 14.4 Å². The fraction of sp³-hybridized carbons (Fsp3) is 0.364. The molecule has 0 saturated carbocycles. The lowest BCUT2D eigenvalue weighted by molar-refractivity contribution is -0.136. The molecule has 0 radical (unpaired) electrons. The molecule has 1 aromatic carbocycles. The predicted octanol–water partition coefficient (Wildman–Crippen LogP) is 1.35.